The second-order valence-electron chi connectivity index (χ2n) is 4.31. The molecule has 0 bridgehead atoms. The molecule has 1 aromatic carbocycles. The summed E-state index contributed by atoms with van der Waals surface area (Å²) in [6, 6.07) is 7.55. The summed E-state index contributed by atoms with van der Waals surface area (Å²) in [6.45, 7) is 4.26. The number of nitrogen functional groups attached to an aromatic ring is 1. The van der Waals surface area contributed by atoms with Crippen LogP contribution in [0, 0.1) is 13.8 Å². The Morgan fingerprint density at radius 1 is 1.37 bits per heavy atom. The molecule has 0 atom stereocenters. The Morgan fingerprint density at radius 2 is 2.05 bits per heavy atom. The average molecular weight is 260 g/mol. The van der Waals surface area contributed by atoms with Gasteiger partial charge in [-0.25, -0.2) is 10.5 Å². The van der Waals surface area contributed by atoms with Crippen molar-refractivity contribution >= 4 is 5.91 Å². The summed E-state index contributed by atoms with van der Waals surface area (Å²) < 4.78 is 7.15. The molecule has 0 aliphatic heterocycles. The largest absolute Gasteiger partial charge is 0.471 e. The van der Waals surface area contributed by atoms with Gasteiger partial charge in [0.2, 0.25) is 0 Å². The SMILES string of the molecule is Cc1cc(C)cc(OCn2ccc(C(=O)NN)n2)c1. The first-order chi connectivity index (χ1) is 9.08. The highest BCUT2D eigenvalue weighted by atomic mass is 16.5. The molecule has 1 heterocycles. The fourth-order valence-corrected chi connectivity index (χ4v) is 1.79. The Hall–Kier alpha value is -2.34. The molecular weight excluding hydrogens is 244 g/mol. The van der Waals surface area contributed by atoms with Crippen LogP contribution in [0.1, 0.15) is 21.6 Å². The van der Waals surface area contributed by atoms with Crippen molar-refractivity contribution in [1.82, 2.24) is 15.2 Å². The van der Waals surface area contributed by atoms with E-state index < -0.39 is 5.91 Å². The van der Waals surface area contributed by atoms with Crippen LogP contribution >= 0.6 is 0 Å². The maximum absolute atomic E-state index is 11.2. The third-order valence-electron chi connectivity index (χ3n) is 2.56. The van der Waals surface area contributed by atoms with Gasteiger partial charge in [0, 0.05) is 6.20 Å². The molecule has 0 spiro atoms. The van der Waals surface area contributed by atoms with Gasteiger partial charge in [-0.05, 0) is 43.2 Å². The van der Waals surface area contributed by atoms with Crippen molar-refractivity contribution in [2.24, 2.45) is 5.84 Å². The summed E-state index contributed by atoms with van der Waals surface area (Å²) in [4.78, 5) is 11.2. The van der Waals surface area contributed by atoms with Crippen LogP contribution in [-0.4, -0.2) is 15.7 Å². The van der Waals surface area contributed by atoms with Crippen LogP contribution in [0.4, 0.5) is 0 Å². The van der Waals surface area contributed by atoms with Crippen molar-refractivity contribution in [3.05, 3.63) is 47.3 Å². The zero-order chi connectivity index (χ0) is 13.8. The molecule has 19 heavy (non-hydrogen) atoms. The Labute approximate surface area is 111 Å². The molecule has 6 heteroatoms. The molecule has 0 saturated carbocycles. The predicted octanol–water partition coefficient (Wildman–Crippen LogP) is 1.14. The number of benzene rings is 1. The van der Waals surface area contributed by atoms with Crippen LogP contribution in [0.5, 0.6) is 5.75 Å². The van der Waals surface area contributed by atoms with Gasteiger partial charge in [0.1, 0.15) is 5.75 Å². The topological polar surface area (TPSA) is 82.2 Å². The highest BCUT2D eigenvalue weighted by molar-refractivity contribution is 5.91. The van der Waals surface area contributed by atoms with Crippen LogP contribution in [0.25, 0.3) is 0 Å². The summed E-state index contributed by atoms with van der Waals surface area (Å²) >= 11 is 0. The van der Waals surface area contributed by atoms with Crippen molar-refractivity contribution in [1.29, 1.82) is 0 Å². The molecule has 6 nitrogen and oxygen atoms in total. The van der Waals surface area contributed by atoms with E-state index in [9.17, 15) is 4.79 Å². The van der Waals surface area contributed by atoms with E-state index in [2.05, 4.69) is 11.2 Å². The van der Waals surface area contributed by atoms with Gasteiger partial charge >= 0.3 is 0 Å². The molecule has 0 aliphatic rings. The second kappa shape index (κ2) is 5.53. The van der Waals surface area contributed by atoms with Crippen molar-refractivity contribution in [2.45, 2.75) is 20.6 Å². The number of amides is 1. The lowest BCUT2D eigenvalue weighted by molar-refractivity contribution is 0.0946. The molecule has 100 valence electrons. The van der Waals surface area contributed by atoms with Crippen LogP contribution in [-0.2, 0) is 6.73 Å². The quantitative estimate of drug-likeness (QED) is 0.490. The molecule has 0 aliphatic carbocycles. The minimum absolute atomic E-state index is 0.237. The van der Waals surface area contributed by atoms with Gasteiger partial charge in [0.25, 0.3) is 5.91 Å². The molecular formula is C13H16N4O2. The van der Waals surface area contributed by atoms with Gasteiger partial charge in [-0.15, -0.1) is 0 Å². The molecule has 0 saturated heterocycles. The first-order valence-corrected chi connectivity index (χ1v) is 5.84. The van der Waals surface area contributed by atoms with Crippen LogP contribution in [0.15, 0.2) is 30.5 Å². The molecule has 0 unspecified atom stereocenters. The van der Waals surface area contributed by atoms with Gasteiger partial charge < -0.3 is 4.74 Å². The van der Waals surface area contributed by atoms with Crippen LogP contribution in [0.3, 0.4) is 0 Å². The number of nitrogens with two attached hydrogens (primary N) is 1. The maximum atomic E-state index is 11.2. The molecule has 2 aromatic rings. The van der Waals surface area contributed by atoms with Crippen molar-refractivity contribution in [3.63, 3.8) is 0 Å². The zero-order valence-electron chi connectivity index (χ0n) is 10.9. The number of hydrogen-bond donors (Lipinski definition) is 2. The monoisotopic (exact) mass is 260 g/mol. The van der Waals surface area contributed by atoms with Crippen LogP contribution in [0.2, 0.25) is 0 Å². The zero-order valence-corrected chi connectivity index (χ0v) is 10.9. The summed E-state index contributed by atoms with van der Waals surface area (Å²) in [7, 11) is 0. The molecule has 0 radical (unpaired) electrons. The molecule has 0 fully saturated rings. The van der Waals surface area contributed by atoms with Gasteiger partial charge in [-0.3, -0.25) is 10.2 Å². The van der Waals surface area contributed by atoms with Crippen LogP contribution < -0.4 is 16.0 Å². The van der Waals surface area contributed by atoms with Crippen molar-refractivity contribution in [2.75, 3.05) is 0 Å². The third kappa shape index (κ3) is 3.32. The van der Waals surface area contributed by atoms with Gasteiger partial charge in [0.05, 0.1) is 0 Å². The molecule has 1 aromatic heterocycles. The molecule has 3 N–H and O–H groups in total. The number of hydrazine groups is 1. The fourth-order valence-electron chi connectivity index (χ4n) is 1.79. The summed E-state index contributed by atoms with van der Waals surface area (Å²) in [5.41, 5.74) is 4.56. The highest BCUT2D eigenvalue weighted by Gasteiger charge is 2.07. The predicted molar refractivity (Wildman–Crippen MR) is 70.4 cm³/mol. The lowest BCUT2D eigenvalue weighted by Gasteiger charge is -2.08. The second-order valence-corrected chi connectivity index (χ2v) is 4.31. The van der Waals surface area contributed by atoms with E-state index in [0.29, 0.717) is 0 Å². The van der Waals surface area contributed by atoms with E-state index in [1.807, 2.05) is 31.4 Å². The Kier molecular flexibility index (Phi) is 3.82. The number of rotatable bonds is 4. The van der Waals surface area contributed by atoms with E-state index >= 15 is 0 Å². The molecule has 1 amide bonds. The van der Waals surface area contributed by atoms with E-state index in [1.165, 1.54) is 4.68 Å². The van der Waals surface area contributed by atoms with Gasteiger partial charge in [-0.2, -0.15) is 5.10 Å². The minimum Gasteiger partial charge on any atom is -0.471 e. The number of nitrogens with one attached hydrogen (secondary N) is 1. The number of aryl methyl sites for hydroxylation is 2. The lowest BCUT2D eigenvalue weighted by atomic mass is 10.1. The average Bonchev–Trinajstić information content (AvgIpc) is 2.83. The number of ether oxygens (including phenoxy) is 1. The van der Waals surface area contributed by atoms with E-state index in [4.69, 9.17) is 10.6 Å². The van der Waals surface area contributed by atoms with E-state index in [1.54, 1.807) is 12.3 Å². The minimum atomic E-state index is -0.426. The van der Waals surface area contributed by atoms with Gasteiger partial charge in [0.15, 0.2) is 12.4 Å². The smallest absolute Gasteiger partial charge is 0.285 e. The maximum Gasteiger partial charge on any atom is 0.285 e. The first kappa shape index (κ1) is 13.1. The van der Waals surface area contributed by atoms with E-state index in [-0.39, 0.29) is 12.4 Å². The van der Waals surface area contributed by atoms with Gasteiger partial charge in [-0.1, -0.05) is 6.07 Å². The standard InChI is InChI=1S/C13H16N4O2/c1-9-5-10(2)7-11(6-9)19-8-17-4-3-12(16-17)13(18)15-14/h3-7H,8,14H2,1-2H3,(H,15,18). The third-order valence-corrected chi connectivity index (χ3v) is 2.56. The summed E-state index contributed by atoms with van der Waals surface area (Å²) in [5.74, 6) is 5.38. The Morgan fingerprint density at radius 3 is 2.68 bits per heavy atom. The summed E-state index contributed by atoms with van der Waals surface area (Å²) in [6.07, 6.45) is 1.66. The number of aromatic nitrogens is 2. The van der Waals surface area contributed by atoms with Crippen molar-refractivity contribution < 1.29 is 9.53 Å². The molecule has 2 rings (SSSR count). The summed E-state index contributed by atoms with van der Waals surface area (Å²) in [5, 5.41) is 4.04. The fraction of sp³-hybridized carbons (Fsp3) is 0.231. The van der Waals surface area contributed by atoms with E-state index in [0.717, 1.165) is 16.9 Å². The number of nitrogens with zero attached hydrogens (tertiary/aromatic N) is 2. The lowest BCUT2D eigenvalue weighted by Crippen LogP contribution is -2.30. The first-order valence-electron chi connectivity index (χ1n) is 5.84. The van der Waals surface area contributed by atoms with Crippen molar-refractivity contribution in [3.8, 4) is 5.75 Å². The normalized spacial score (nSPS) is 10.3. The number of hydrogen-bond acceptors (Lipinski definition) is 4. The Balaban J connectivity index is 2.02. The highest BCUT2D eigenvalue weighted by Crippen LogP contribution is 2.16. The number of carbonyl (C=O) groups is 1. The Bertz CT molecular complexity index is 572. The number of carbonyl (C=O) groups excluding carboxylic acids is 1.